The number of aromatic carboxylic acids is 1. The molecule has 1 aromatic rings. The van der Waals surface area contributed by atoms with Gasteiger partial charge < -0.3 is 5.11 Å². The van der Waals surface area contributed by atoms with Crippen molar-refractivity contribution in [3.8, 4) is 0 Å². The molecule has 0 aliphatic rings. The first kappa shape index (κ1) is 13.7. The molecule has 0 aromatic heterocycles. The van der Waals surface area contributed by atoms with Crippen molar-refractivity contribution in [2.45, 2.75) is 0 Å². The second-order valence-electron chi connectivity index (χ2n) is 2.14. The summed E-state index contributed by atoms with van der Waals surface area (Å²) in [6, 6.07) is 6.08. The van der Waals surface area contributed by atoms with E-state index in [1.165, 1.54) is 12.1 Å². The highest BCUT2D eigenvalue weighted by Crippen LogP contribution is 2.11. The minimum Gasteiger partial charge on any atom is -0.478 e. The van der Waals surface area contributed by atoms with Gasteiger partial charge in [0.15, 0.2) is 0 Å². The molecule has 0 spiro atoms. The lowest BCUT2D eigenvalue weighted by Gasteiger charge is -1.92. The van der Waals surface area contributed by atoms with Crippen LogP contribution in [0, 0.1) is 0 Å². The molecule has 0 radical (unpaired) electrons. The van der Waals surface area contributed by atoms with E-state index in [1.54, 1.807) is 12.1 Å². The Balaban J connectivity index is 0.000000583. The van der Waals surface area contributed by atoms with E-state index in [1.807, 2.05) is 4.31 Å². The maximum Gasteiger partial charge on any atom is 0.335 e. The fourth-order valence-electron chi connectivity index (χ4n) is 0.731. The number of thiocarbonyl (C=S) groups is 3. The Kier molecular flexibility index (Phi) is 7.36. The van der Waals surface area contributed by atoms with E-state index in [4.69, 9.17) is 5.11 Å². The second kappa shape index (κ2) is 8.05. The summed E-state index contributed by atoms with van der Waals surface area (Å²) in [6.07, 6.45) is 0. The van der Waals surface area contributed by atoms with Crippen LogP contribution in [-0.2, 0) is 0 Å². The first-order chi connectivity index (χ1) is 7.15. The van der Waals surface area contributed by atoms with Gasteiger partial charge in [-0.2, -0.15) is 4.99 Å². The molecule has 76 valence electrons. The van der Waals surface area contributed by atoms with Crippen LogP contribution in [0.15, 0.2) is 29.3 Å². The number of carboxylic acids is 1. The molecular formula is C9H5NO2S3. The first-order valence-corrected chi connectivity index (χ1v) is 4.78. The zero-order valence-corrected chi connectivity index (χ0v) is 9.79. The molecule has 1 aromatic carbocycles. The van der Waals surface area contributed by atoms with Gasteiger partial charge in [-0.25, -0.2) is 4.79 Å². The summed E-state index contributed by atoms with van der Waals surface area (Å²) in [5, 5.41) is 10.7. The van der Waals surface area contributed by atoms with Crippen LogP contribution >= 0.6 is 36.7 Å². The molecule has 0 saturated heterocycles. The average molecular weight is 255 g/mol. The van der Waals surface area contributed by atoms with Gasteiger partial charge in [-0.15, -0.1) is 0 Å². The molecule has 0 amide bonds. The van der Waals surface area contributed by atoms with Crippen LogP contribution in [0.3, 0.4) is 0 Å². The largest absolute Gasteiger partial charge is 0.478 e. The summed E-state index contributed by atoms with van der Waals surface area (Å²) >= 11 is 12.3. The molecule has 0 heterocycles. The van der Waals surface area contributed by atoms with E-state index >= 15 is 0 Å². The summed E-state index contributed by atoms with van der Waals surface area (Å²) in [5.74, 6) is -0.951. The SMILES string of the molecule is O=C(O)c1ccc(N=C=S)cc1.S=C=S. The molecule has 0 atom stereocenters. The molecule has 0 saturated carbocycles. The van der Waals surface area contributed by atoms with Gasteiger partial charge in [-0.05, 0) is 60.9 Å². The number of benzene rings is 1. The van der Waals surface area contributed by atoms with Crippen molar-refractivity contribution in [3.63, 3.8) is 0 Å². The molecule has 1 rings (SSSR count). The monoisotopic (exact) mass is 255 g/mol. The van der Waals surface area contributed by atoms with E-state index in [2.05, 4.69) is 46.8 Å². The quantitative estimate of drug-likeness (QED) is 0.650. The molecule has 1 N–H and O–H groups in total. The van der Waals surface area contributed by atoms with Crippen LogP contribution in [-0.4, -0.2) is 20.6 Å². The zero-order valence-electron chi connectivity index (χ0n) is 7.34. The fraction of sp³-hybridized carbons (Fsp3) is 0. The molecule has 0 bridgehead atoms. The molecular weight excluding hydrogens is 250 g/mol. The average Bonchev–Trinajstić information content (AvgIpc) is 2.20. The summed E-state index contributed by atoms with van der Waals surface area (Å²) in [7, 11) is 0. The van der Waals surface area contributed by atoms with Crippen molar-refractivity contribution in [2.24, 2.45) is 4.99 Å². The van der Waals surface area contributed by atoms with E-state index in [0.29, 0.717) is 5.69 Å². The van der Waals surface area contributed by atoms with Crippen molar-refractivity contribution < 1.29 is 9.90 Å². The number of rotatable bonds is 2. The van der Waals surface area contributed by atoms with Gasteiger partial charge >= 0.3 is 5.97 Å². The van der Waals surface area contributed by atoms with Gasteiger partial charge in [0.05, 0.1) is 16.4 Å². The van der Waals surface area contributed by atoms with Crippen LogP contribution < -0.4 is 0 Å². The first-order valence-electron chi connectivity index (χ1n) is 3.56. The molecule has 3 nitrogen and oxygen atoms in total. The maximum atomic E-state index is 10.4. The highest BCUT2D eigenvalue weighted by Gasteiger charge is 1.99. The van der Waals surface area contributed by atoms with Crippen molar-refractivity contribution in [2.75, 3.05) is 0 Å². The van der Waals surface area contributed by atoms with Crippen molar-refractivity contribution in [1.82, 2.24) is 0 Å². The Morgan fingerprint density at radius 1 is 1.20 bits per heavy atom. The topological polar surface area (TPSA) is 49.7 Å². The van der Waals surface area contributed by atoms with E-state index in [9.17, 15) is 4.79 Å². The van der Waals surface area contributed by atoms with Crippen LogP contribution in [0.5, 0.6) is 0 Å². The van der Waals surface area contributed by atoms with Crippen LogP contribution in [0.1, 0.15) is 10.4 Å². The van der Waals surface area contributed by atoms with Gasteiger partial charge in [0.1, 0.15) is 0 Å². The number of hydrogen-bond acceptors (Lipinski definition) is 5. The standard InChI is InChI=1S/C8H5NO2S.CS2/c10-8(11)6-1-3-7(4-2-6)9-5-12;2-1-3/h1-4H,(H,10,11);. The molecule has 0 aliphatic carbocycles. The third-order valence-electron chi connectivity index (χ3n) is 1.29. The summed E-state index contributed by atoms with van der Waals surface area (Å²) in [6.45, 7) is 0. The van der Waals surface area contributed by atoms with E-state index in [0.717, 1.165) is 0 Å². The molecule has 6 heteroatoms. The van der Waals surface area contributed by atoms with Gasteiger partial charge in [0.2, 0.25) is 0 Å². The number of aliphatic imine (C=N–C) groups is 1. The van der Waals surface area contributed by atoms with E-state index in [-0.39, 0.29) is 5.56 Å². The van der Waals surface area contributed by atoms with Gasteiger partial charge in [-0.1, -0.05) is 0 Å². The maximum absolute atomic E-state index is 10.4. The Labute approximate surface area is 102 Å². The Hall–Kier alpha value is -1.29. The number of nitrogens with zero attached hydrogens (tertiary/aromatic N) is 1. The van der Waals surface area contributed by atoms with Crippen LogP contribution in [0.4, 0.5) is 5.69 Å². The minimum atomic E-state index is -0.951. The lowest BCUT2D eigenvalue weighted by molar-refractivity contribution is 0.0697. The third kappa shape index (κ3) is 5.91. The molecule has 0 aliphatic heterocycles. The number of carbonyl (C=O) groups is 1. The lowest BCUT2D eigenvalue weighted by atomic mass is 10.2. The highest BCUT2D eigenvalue weighted by atomic mass is 32.1. The van der Waals surface area contributed by atoms with Gasteiger partial charge in [0, 0.05) is 4.31 Å². The smallest absolute Gasteiger partial charge is 0.335 e. The zero-order chi connectivity index (χ0) is 11.7. The normalized spacial score (nSPS) is 7.47. The molecule has 0 fully saturated rings. The predicted molar refractivity (Wildman–Crippen MR) is 68.3 cm³/mol. The number of isothiocyanates is 1. The minimum absolute atomic E-state index is 0.235. The second-order valence-corrected chi connectivity index (χ2v) is 2.99. The van der Waals surface area contributed by atoms with Gasteiger partial charge in [0.25, 0.3) is 0 Å². The lowest BCUT2D eigenvalue weighted by Crippen LogP contribution is -1.93. The number of hydrogen-bond donors (Lipinski definition) is 1. The summed E-state index contributed by atoms with van der Waals surface area (Å²) in [4.78, 5) is 14.1. The van der Waals surface area contributed by atoms with Crippen molar-refractivity contribution in [3.05, 3.63) is 29.8 Å². The van der Waals surface area contributed by atoms with Gasteiger partial charge in [-0.3, -0.25) is 0 Å². The third-order valence-corrected chi connectivity index (χ3v) is 1.38. The Morgan fingerprint density at radius 3 is 2.00 bits per heavy atom. The summed E-state index contributed by atoms with van der Waals surface area (Å²) < 4.78 is 1.92. The Morgan fingerprint density at radius 2 is 1.67 bits per heavy atom. The van der Waals surface area contributed by atoms with Crippen LogP contribution in [0.2, 0.25) is 0 Å². The Bertz CT molecular complexity index is 394. The predicted octanol–water partition coefficient (Wildman–Crippen LogP) is 3.14. The molecule has 0 unspecified atom stereocenters. The van der Waals surface area contributed by atoms with Crippen LogP contribution in [0.25, 0.3) is 0 Å². The highest BCUT2D eigenvalue weighted by molar-refractivity contribution is 7.93. The van der Waals surface area contributed by atoms with E-state index < -0.39 is 5.97 Å². The summed E-state index contributed by atoms with van der Waals surface area (Å²) in [5.41, 5.74) is 0.841. The molecule has 15 heavy (non-hydrogen) atoms. The number of carboxylic acid groups (broad SMARTS) is 1. The van der Waals surface area contributed by atoms with Crippen molar-refractivity contribution >= 4 is 57.8 Å². The fourth-order valence-corrected chi connectivity index (χ4v) is 0.837. The van der Waals surface area contributed by atoms with Crippen molar-refractivity contribution in [1.29, 1.82) is 0 Å².